The van der Waals surface area contributed by atoms with E-state index in [4.69, 9.17) is 5.73 Å². The van der Waals surface area contributed by atoms with E-state index in [0.717, 1.165) is 39.3 Å². The van der Waals surface area contributed by atoms with E-state index in [9.17, 15) is 4.79 Å². The van der Waals surface area contributed by atoms with E-state index >= 15 is 0 Å². The number of ketones is 1. The zero-order valence-corrected chi connectivity index (χ0v) is 15.1. The molecule has 2 heterocycles. The molecule has 0 aliphatic carbocycles. The third-order valence-corrected chi connectivity index (χ3v) is 4.89. The first-order valence-corrected chi connectivity index (χ1v) is 8.59. The summed E-state index contributed by atoms with van der Waals surface area (Å²) in [6, 6.07) is 2.05. The number of rotatable bonds is 4. The molecule has 0 fully saturated rings. The molecule has 0 bridgehead atoms. The van der Waals surface area contributed by atoms with Gasteiger partial charge >= 0.3 is 0 Å². The Morgan fingerprint density at radius 2 is 2.04 bits per heavy atom. The van der Waals surface area contributed by atoms with Crippen LogP contribution in [-0.4, -0.2) is 20.3 Å². The van der Waals surface area contributed by atoms with Crippen molar-refractivity contribution in [1.82, 2.24) is 14.5 Å². The van der Waals surface area contributed by atoms with Crippen LogP contribution in [-0.2, 0) is 6.54 Å². The molecule has 2 N–H and O–H groups in total. The van der Waals surface area contributed by atoms with Crippen LogP contribution in [0.25, 0.3) is 11.4 Å². The molecule has 3 aromatic rings. The highest BCUT2D eigenvalue weighted by atomic mass is 32.1. The Kier molecular flexibility index (Phi) is 4.24. The summed E-state index contributed by atoms with van der Waals surface area (Å²) in [6.45, 7) is 8.24. The van der Waals surface area contributed by atoms with Gasteiger partial charge in [-0.2, -0.15) is 0 Å². The molecule has 0 unspecified atom stereocenters. The zero-order valence-electron chi connectivity index (χ0n) is 14.3. The molecule has 0 saturated carbocycles. The normalized spacial score (nSPS) is 11.0. The van der Waals surface area contributed by atoms with Crippen LogP contribution in [0.3, 0.4) is 0 Å². The third kappa shape index (κ3) is 2.85. The Bertz CT molecular complexity index is 923. The van der Waals surface area contributed by atoms with Crippen molar-refractivity contribution >= 4 is 22.3 Å². The van der Waals surface area contributed by atoms with Crippen molar-refractivity contribution in [3.8, 4) is 11.4 Å². The highest BCUT2D eigenvalue weighted by molar-refractivity contribution is 7.13. The summed E-state index contributed by atoms with van der Waals surface area (Å²) in [6.07, 6.45) is 3.70. The number of nitrogen functional groups attached to an aromatic ring is 1. The molecule has 1 aromatic carbocycles. The number of nitrogens with two attached hydrogens (primary N) is 1. The molecule has 0 amide bonds. The molecular formula is C18H20N4OS. The van der Waals surface area contributed by atoms with E-state index in [2.05, 4.69) is 23.0 Å². The number of benzene rings is 1. The Morgan fingerprint density at radius 1 is 1.29 bits per heavy atom. The van der Waals surface area contributed by atoms with Crippen molar-refractivity contribution in [1.29, 1.82) is 0 Å². The number of aryl methyl sites for hydroxylation is 2. The van der Waals surface area contributed by atoms with Crippen LogP contribution >= 0.6 is 11.3 Å². The smallest absolute Gasteiger partial charge is 0.180 e. The van der Waals surface area contributed by atoms with Crippen LogP contribution in [0, 0.1) is 20.8 Å². The highest BCUT2D eigenvalue weighted by Crippen LogP contribution is 2.31. The van der Waals surface area contributed by atoms with Crippen molar-refractivity contribution in [2.75, 3.05) is 5.73 Å². The average molecular weight is 340 g/mol. The van der Waals surface area contributed by atoms with Crippen LogP contribution in [0.15, 0.2) is 23.8 Å². The first-order chi connectivity index (χ1) is 11.4. The van der Waals surface area contributed by atoms with Crippen LogP contribution in [0.1, 0.15) is 39.7 Å². The minimum atomic E-state index is 0.0802. The lowest BCUT2D eigenvalue weighted by Crippen LogP contribution is -2.08. The molecule has 0 saturated heterocycles. The fourth-order valence-corrected chi connectivity index (χ4v) is 3.86. The average Bonchev–Trinajstić information content (AvgIpc) is 3.08. The number of thiazole rings is 1. The van der Waals surface area contributed by atoms with Gasteiger partial charge in [0.2, 0.25) is 0 Å². The summed E-state index contributed by atoms with van der Waals surface area (Å²) in [5.41, 5.74) is 11.5. The van der Waals surface area contributed by atoms with E-state index in [0.29, 0.717) is 11.7 Å². The molecule has 0 atom stereocenters. The Balaban J connectivity index is 2.12. The summed E-state index contributed by atoms with van der Waals surface area (Å²) in [7, 11) is 0. The Morgan fingerprint density at radius 3 is 2.67 bits per heavy atom. The van der Waals surface area contributed by atoms with E-state index in [-0.39, 0.29) is 5.78 Å². The highest BCUT2D eigenvalue weighted by Gasteiger charge is 2.19. The molecule has 0 spiro atoms. The maximum absolute atomic E-state index is 12.0. The van der Waals surface area contributed by atoms with Gasteiger partial charge in [0.1, 0.15) is 5.82 Å². The van der Waals surface area contributed by atoms with E-state index in [1.54, 1.807) is 13.1 Å². The molecule has 0 radical (unpaired) electrons. The van der Waals surface area contributed by atoms with Crippen LogP contribution in [0.5, 0.6) is 0 Å². The van der Waals surface area contributed by atoms with E-state index in [1.807, 2.05) is 30.0 Å². The summed E-state index contributed by atoms with van der Waals surface area (Å²) >= 11 is 1.43. The number of hydrogen-bond acceptors (Lipinski definition) is 5. The zero-order chi connectivity index (χ0) is 17.4. The van der Waals surface area contributed by atoms with Gasteiger partial charge in [-0.3, -0.25) is 4.79 Å². The number of anilines is 1. The topological polar surface area (TPSA) is 73.8 Å². The number of carbonyl (C=O) groups is 1. The van der Waals surface area contributed by atoms with Crippen molar-refractivity contribution in [2.45, 2.75) is 34.2 Å². The third-order valence-electron chi connectivity index (χ3n) is 4.16. The lowest BCUT2D eigenvalue weighted by atomic mass is 9.91. The van der Waals surface area contributed by atoms with Crippen molar-refractivity contribution < 1.29 is 4.79 Å². The van der Waals surface area contributed by atoms with Crippen molar-refractivity contribution in [3.63, 3.8) is 0 Å². The number of carbonyl (C=O) groups excluding carboxylic acids is 1. The van der Waals surface area contributed by atoms with Crippen molar-refractivity contribution in [2.24, 2.45) is 0 Å². The number of Topliss-reactive ketones (excluding diaryl/α,β-unsaturated/α-hetero) is 1. The number of nitrogens with zero attached hydrogens (tertiary/aromatic N) is 3. The predicted molar refractivity (Wildman–Crippen MR) is 97.5 cm³/mol. The molecule has 24 heavy (non-hydrogen) atoms. The summed E-state index contributed by atoms with van der Waals surface area (Å²) in [5.74, 6) is 0.927. The maximum atomic E-state index is 12.0. The fourth-order valence-electron chi connectivity index (χ4n) is 3.31. The molecule has 2 aromatic heterocycles. The lowest BCUT2D eigenvalue weighted by Gasteiger charge is -2.16. The SMILES string of the molecule is CC(=O)c1c(C)cc(C)c(-c2nccn2Cc2csc(N)n2)c1C. The molecular weight excluding hydrogens is 320 g/mol. The second-order valence-corrected chi connectivity index (χ2v) is 6.89. The number of hydrogen-bond donors (Lipinski definition) is 1. The predicted octanol–water partition coefficient (Wildman–Crippen LogP) is 3.76. The minimum absolute atomic E-state index is 0.0802. The Hall–Kier alpha value is -2.47. The van der Waals surface area contributed by atoms with Crippen LogP contribution in [0.2, 0.25) is 0 Å². The van der Waals surface area contributed by atoms with Crippen LogP contribution in [0.4, 0.5) is 5.13 Å². The fraction of sp³-hybridized carbons (Fsp3) is 0.278. The second-order valence-electron chi connectivity index (χ2n) is 6.00. The van der Waals surface area contributed by atoms with Gasteiger partial charge in [0.05, 0.1) is 12.2 Å². The summed E-state index contributed by atoms with van der Waals surface area (Å²) in [5, 5.41) is 2.52. The Labute approximate surface area is 145 Å². The van der Waals surface area contributed by atoms with Gasteiger partial charge in [-0.25, -0.2) is 9.97 Å². The molecule has 3 rings (SSSR count). The van der Waals surface area contributed by atoms with Gasteiger partial charge in [0.15, 0.2) is 10.9 Å². The largest absolute Gasteiger partial charge is 0.375 e. The van der Waals surface area contributed by atoms with E-state index < -0.39 is 0 Å². The molecule has 0 aliphatic heterocycles. The number of imidazole rings is 1. The minimum Gasteiger partial charge on any atom is -0.375 e. The van der Waals surface area contributed by atoms with Gasteiger partial charge in [-0.1, -0.05) is 6.07 Å². The summed E-state index contributed by atoms with van der Waals surface area (Å²) < 4.78 is 2.04. The van der Waals surface area contributed by atoms with Gasteiger partial charge in [-0.05, 0) is 44.4 Å². The standard InChI is InChI=1S/C18H20N4OS/c1-10-7-11(2)16(12(3)15(10)13(4)23)17-20-5-6-22(17)8-14-9-24-18(19)21-14/h5-7,9H,8H2,1-4H3,(H2,19,21). The van der Waals surface area contributed by atoms with Gasteiger partial charge in [0, 0.05) is 28.9 Å². The van der Waals surface area contributed by atoms with Crippen molar-refractivity contribution in [3.05, 3.63) is 51.8 Å². The summed E-state index contributed by atoms with van der Waals surface area (Å²) in [4.78, 5) is 20.9. The molecule has 5 nitrogen and oxygen atoms in total. The van der Waals surface area contributed by atoms with Gasteiger partial charge in [0.25, 0.3) is 0 Å². The molecule has 6 heteroatoms. The first kappa shape index (κ1) is 16.4. The van der Waals surface area contributed by atoms with Crippen LogP contribution < -0.4 is 5.73 Å². The first-order valence-electron chi connectivity index (χ1n) is 7.71. The second kappa shape index (κ2) is 6.20. The molecule has 124 valence electrons. The number of aromatic nitrogens is 3. The van der Waals surface area contributed by atoms with Gasteiger partial charge in [-0.15, -0.1) is 11.3 Å². The molecule has 0 aliphatic rings. The van der Waals surface area contributed by atoms with E-state index in [1.165, 1.54) is 11.3 Å². The quantitative estimate of drug-likeness (QED) is 0.734. The maximum Gasteiger partial charge on any atom is 0.180 e. The van der Waals surface area contributed by atoms with Gasteiger partial charge < -0.3 is 10.3 Å². The monoisotopic (exact) mass is 340 g/mol. The lowest BCUT2D eigenvalue weighted by molar-refractivity contribution is 0.101.